The minimum Gasteiger partial charge on any atom is -0.395 e. The second-order valence-electron chi connectivity index (χ2n) is 8.90. The number of amides is 1. The summed E-state index contributed by atoms with van der Waals surface area (Å²) in [4.78, 5) is 15.5. The summed E-state index contributed by atoms with van der Waals surface area (Å²) in [5.74, 6) is -0.709. The Morgan fingerprint density at radius 3 is 2.60 bits per heavy atom. The summed E-state index contributed by atoms with van der Waals surface area (Å²) >= 11 is 0. The average molecular weight is 472 g/mol. The largest absolute Gasteiger partial charge is 0.395 e. The number of fused-ring (bicyclic) bond motifs is 1. The molecule has 4 aromatic rings. The number of halogens is 1. The molecule has 7 nitrogen and oxygen atoms in total. The molecule has 1 fully saturated rings. The summed E-state index contributed by atoms with van der Waals surface area (Å²) < 4.78 is 18.2. The lowest BCUT2D eigenvalue weighted by Gasteiger charge is -2.27. The molecule has 1 aliphatic rings. The van der Waals surface area contributed by atoms with Crippen LogP contribution in [0.4, 0.5) is 4.39 Å². The fourth-order valence-electron chi connectivity index (χ4n) is 4.92. The van der Waals surface area contributed by atoms with Gasteiger partial charge in [-0.05, 0) is 60.7 Å². The summed E-state index contributed by atoms with van der Waals surface area (Å²) in [5, 5.41) is 24.5. The van der Waals surface area contributed by atoms with Crippen LogP contribution in [0.5, 0.6) is 0 Å². The van der Waals surface area contributed by atoms with Crippen molar-refractivity contribution in [3.05, 3.63) is 65.7 Å². The summed E-state index contributed by atoms with van der Waals surface area (Å²) in [6.07, 6.45) is 4.95. The van der Waals surface area contributed by atoms with Crippen LogP contribution < -0.4 is 0 Å². The number of aliphatic hydroxyl groups excluding tert-OH is 1. The highest BCUT2D eigenvalue weighted by molar-refractivity contribution is 5.98. The van der Waals surface area contributed by atoms with Gasteiger partial charge in [0.25, 0.3) is 5.91 Å². The minimum absolute atomic E-state index is 0.0357. The van der Waals surface area contributed by atoms with Gasteiger partial charge in [0.2, 0.25) is 0 Å². The van der Waals surface area contributed by atoms with Gasteiger partial charge in [-0.3, -0.25) is 9.48 Å². The Bertz CT molecular complexity index is 1460. The fourth-order valence-corrected chi connectivity index (χ4v) is 4.92. The van der Waals surface area contributed by atoms with Crippen molar-refractivity contribution < 1.29 is 14.3 Å². The Balaban J connectivity index is 1.74. The lowest BCUT2D eigenvalue weighted by Crippen LogP contribution is -2.36. The number of hydrogen-bond acceptors (Lipinski definition) is 4. The van der Waals surface area contributed by atoms with E-state index in [-0.39, 0.29) is 24.6 Å². The number of nitriles is 1. The van der Waals surface area contributed by atoms with Crippen molar-refractivity contribution in [3.8, 4) is 28.5 Å². The van der Waals surface area contributed by atoms with Gasteiger partial charge in [-0.1, -0.05) is 12.1 Å². The molecule has 8 heteroatoms. The highest BCUT2D eigenvalue weighted by Gasteiger charge is 2.27. The molecular weight excluding hydrogens is 445 g/mol. The molecule has 0 atom stereocenters. The van der Waals surface area contributed by atoms with E-state index in [1.165, 1.54) is 12.1 Å². The molecule has 1 N–H and O–H groups in total. The first kappa shape index (κ1) is 22.8. The first-order chi connectivity index (χ1) is 17.0. The van der Waals surface area contributed by atoms with Crippen LogP contribution in [-0.2, 0) is 13.6 Å². The van der Waals surface area contributed by atoms with Gasteiger partial charge in [-0.25, -0.2) is 4.39 Å². The number of likely N-dealkylation sites (tertiary alicyclic amines) is 1. The molecule has 5 rings (SSSR count). The first-order valence-corrected chi connectivity index (χ1v) is 11.8. The molecule has 0 unspecified atom stereocenters. The molecule has 35 heavy (non-hydrogen) atoms. The van der Waals surface area contributed by atoms with Crippen LogP contribution in [0.15, 0.2) is 48.7 Å². The highest BCUT2D eigenvalue weighted by atomic mass is 19.1. The van der Waals surface area contributed by atoms with E-state index in [9.17, 15) is 19.6 Å². The zero-order valence-corrected chi connectivity index (χ0v) is 19.5. The fraction of sp³-hybridized carbons (Fsp3) is 0.296. The standard InChI is InChI=1S/C27H26FN5O2/c1-31-17-21-13-19(7-8-24(21)30-31)26-22(18-5-6-20(16-29)23(28)14-18)15-25(33(26)11-12-34)27(35)32-9-3-2-4-10-32/h5-8,13-15,17,34H,2-4,9-12H2,1H3. The monoisotopic (exact) mass is 471 g/mol. The Labute approximate surface area is 202 Å². The van der Waals surface area contributed by atoms with E-state index in [4.69, 9.17) is 0 Å². The predicted molar refractivity (Wildman–Crippen MR) is 131 cm³/mol. The number of carbonyl (C=O) groups is 1. The van der Waals surface area contributed by atoms with Crippen molar-refractivity contribution in [2.75, 3.05) is 19.7 Å². The Morgan fingerprint density at radius 2 is 1.89 bits per heavy atom. The van der Waals surface area contributed by atoms with E-state index in [1.54, 1.807) is 16.8 Å². The van der Waals surface area contributed by atoms with Crippen LogP contribution in [0.3, 0.4) is 0 Å². The quantitative estimate of drug-likeness (QED) is 0.469. The number of carbonyl (C=O) groups excluding carboxylic acids is 1. The minimum atomic E-state index is -0.613. The van der Waals surface area contributed by atoms with Crippen molar-refractivity contribution in [2.45, 2.75) is 25.8 Å². The number of nitrogens with zero attached hydrogens (tertiary/aromatic N) is 5. The second kappa shape index (κ2) is 9.35. The average Bonchev–Trinajstić information content (AvgIpc) is 3.43. The number of aliphatic hydroxyl groups is 1. The van der Waals surface area contributed by atoms with E-state index in [0.29, 0.717) is 35.6 Å². The maximum Gasteiger partial charge on any atom is 0.270 e. The zero-order chi connectivity index (χ0) is 24.5. The number of piperidine rings is 1. The molecule has 1 saturated heterocycles. The molecule has 1 amide bonds. The van der Waals surface area contributed by atoms with Gasteiger partial charge >= 0.3 is 0 Å². The molecular formula is C27H26FN5O2. The number of aryl methyl sites for hydroxylation is 1. The van der Waals surface area contributed by atoms with Gasteiger partial charge in [0, 0.05) is 43.8 Å². The van der Waals surface area contributed by atoms with Crippen molar-refractivity contribution in [1.29, 1.82) is 5.26 Å². The lowest BCUT2D eigenvalue weighted by molar-refractivity contribution is 0.0712. The van der Waals surface area contributed by atoms with Gasteiger partial charge in [-0.2, -0.15) is 10.4 Å². The van der Waals surface area contributed by atoms with Crippen molar-refractivity contribution in [2.24, 2.45) is 7.05 Å². The SMILES string of the molecule is Cn1cc2cc(-c3c(-c4ccc(C#N)c(F)c4)cc(C(=O)N4CCCCC4)n3CCO)ccc2n1. The van der Waals surface area contributed by atoms with Crippen LogP contribution in [0.2, 0.25) is 0 Å². The molecule has 1 aliphatic heterocycles. The van der Waals surface area contributed by atoms with Gasteiger partial charge < -0.3 is 14.6 Å². The number of benzene rings is 2. The van der Waals surface area contributed by atoms with E-state index in [0.717, 1.165) is 35.7 Å². The summed E-state index contributed by atoms with van der Waals surface area (Å²) in [7, 11) is 1.86. The predicted octanol–water partition coefficient (Wildman–Crippen LogP) is 4.34. The van der Waals surface area contributed by atoms with E-state index >= 15 is 0 Å². The van der Waals surface area contributed by atoms with Gasteiger partial charge in [0.1, 0.15) is 17.6 Å². The molecule has 0 saturated carbocycles. The number of rotatable bonds is 5. The van der Waals surface area contributed by atoms with E-state index in [2.05, 4.69) is 5.10 Å². The summed E-state index contributed by atoms with van der Waals surface area (Å²) in [5.41, 5.74) is 4.05. The van der Waals surface area contributed by atoms with Crippen LogP contribution in [0.1, 0.15) is 35.3 Å². The molecule has 178 valence electrons. The topological polar surface area (TPSA) is 87.1 Å². The first-order valence-electron chi connectivity index (χ1n) is 11.8. The van der Waals surface area contributed by atoms with Crippen LogP contribution in [0, 0.1) is 17.1 Å². The van der Waals surface area contributed by atoms with Crippen LogP contribution >= 0.6 is 0 Å². The van der Waals surface area contributed by atoms with Gasteiger partial charge in [-0.15, -0.1) is 0 Å². The second-order valence-corrected chi connectivity index (χ2v) is 8.90. The maximum atomic E-state index is 14.6. The highest BCUT2D eigenvalue weighted by Crippen LogP contribution is 2.38. The Hall–Kier alpha value is -3.96. The maximum absolute atomic E-state index is 14.6. The van der Waals surface area contributed by atoms with Gasteiger partial charge in [0.05, 0.1) is 23.4 Å². The molecule has 0 spiro atoms. The van der Waals surface area contributed by atoms with E-state index in [1.807, 2.05) is 47.0 Å². The third kappa shape index (κ3) is 4.19. The molecule has 0 radical (unpaired) electrons. The molecule has 3 heterocycles. The summed E-state index contributed by atoms with van der Waals surface area (Å²) in [6, 6.07) is 14.0. The third-order valence-electron chi connectivity index (χ3n) is 6.58. The number of hydrogen-bond donors (Lipinski definition) is 1. The zero-order valence-electron chi connectivity index (χ0n) is 19.5. The summed E-state index contributed by atoms with van der Waals surface area (Å²) in [6.45, 7) is 1.45. The van der Waals surface area contributed by atoms with E-state index < -0.39 is 5.82 Å². The third-order valence-corrected chi connectivity index (χ3v) is 6.58. The van der Waals surface area contributed by atoms with Crippen LogP contribution in [0.25, 0.3) is 33.3 Å². The Morgan fingerprint density at radius 1 is 1.11 bits per heavy atom. The van der Waals surface area contributed by atoms with Crippen molar-refractivity contribution >= 4 is 16.8 Å². The Kier molecular flexibility index (Phi) is 6.10. The smallest absolute Gasteiger partial charge is 0.270 e. The van der Waals surface area contributed by atoms with Gasteiger partial charge in [0.15, 0.2) is 0 Å². The molecule has 0 aliphatic carbocycles. The van der Waals surface area contributed by atoms with Crippen LogP contribution in [-0.4, -0.2) is 50.0 Å². The molecule has 2 aromatic heterocycles. The lowest BCUT2D eigenvalue weighted by atomic mass is 9.99. The van der Waals surface area contributed by atoms with Crippen molar-refractivity contribution in [1.82, 2.24) is 19.2 Å². The normalized spacial score (nSPS) is 13.8. The molecule has 0 bridgehead atoms. The molecule has 2 aromatic carbocycles. The van der Waals surface area contributed by atoms with Crippen molar-refractivity contribution in [3.63, 3.8) is 0 Å². The number of aromatic nitrogens is 3.